The van der Waals surface area contributed by atoms with Gasteiger partial charge in [0.15, 0.2) is 11.5 Å². The van der Waals surface area contributed by atoms with Crippen LogP contribution in [0.4, 0.5) is 5.69 Å². The molecule has 0 spiro atoms. The second-order valence-electron chi connectivity index (χ2n) is 10.1. The number of anilines is 1. The molecule has 1 atom stereocenters. The SMILES string of the molecule is CCOc1ccc(N(CC(=O)N(Cc2ccc(Cl)cc2Cl)[C@H](C)C(=O)NC(C)C)S(=O)(=O)c2ccc(OC)c(OC)c2)cc1. The third-order valence-electron chi connectivity index (χ3n) is 6.61. The summed E-state index contributed by atoms with van der Waals surface area (Å²) in [6.45, 7) is 6.72. The third kappa shape index (κ3) is 8.49. The molecule has 0 aliphatic rings. The Morgan fingerprint density at radius 2 is 1.57 bits per heavy atom. The van der Waals surface area contributed by atoms with Gasteiger partial charge in [-0.3, -0.25) is 13.9 Å². The van der Waals surface area contributed by atoms with Gasteiger partial charge in [0, 0.05) is 28.7 Å². The molecule has 0 aliphatic heterocycles. The number of carbonyl (C=O) groups is 2. The molecule has 238 valence electrons. The standard InChI is InChI=1S/C31H37Cl2N3O7S/c1-7-43-25-12-10-24(11-13-25)36(44(39,40)26-14-15-28(41-5)29(17-26)42-6)19-30(37)35(21(4)31(38)34-20(2)3)18-22-8-9-23(32)16-27(22)33/h8-17,20-21H,7,18-19H2,1-6H3,(H,34,38)/t21-/m1/s1. The Hall–Kier alpha value is -3.67. The summed E-state index contributed by atoms with van der Waals surface area (Å²) in [6.07, 6.45) is 0. The Kier molecular flexibility index (Phi) is 12.2. The minimum atomic E-state index is -4.35. The second kappa shape index (κ2) is 15.4. The monoisotopic (exact) mass is 665 g/mol. The molecule has 0 saturated heterocycles. The van der Waals surface area contributed by atoms with Crippen molar-refractivity contribution in [3.63, 3.8) is 0 Å². The Labute approximate surface area is 268 Å². The zero-order valence-electron chi connectivity index (χ0n) is 25.5. The van der Waals surface area contributed by atoms with E-state index in [1.807, 2.05) is 6.92 Å². The highest BCUT2D eigenvalue weighted by Crippen LogP contribution is 2.33. The first-order valence-electron chi connectivity index (χ1n) is 13.8. The number of sulfonamides is 1. The van der Waals surface area contributed by atoms with E-state index in [1.165, 1.54) is 43.4 Å². The maximum atomic E-state index is 14.2. The van der Waals surface area contributed by atoms with Crippen LogP contribution >= 0.6 is 23.2 Å². The smallest absolute Gasteiger partial charge is 0.264 e. The molecule has 3 rings (SSSR count). The Morgan fingerprint density at radius 3 is 2.14 bits per heavy atom. The highest BCUT2D eigenvalue weighted by Gasteiger charge is 2.33. The molecule has 0 aliphatic carbocycles. The predicted molar refractivity (Wildman–Crippen MR) is 171 cm³/mol. The van der Waals surface area contributed by atoms with Crippen LogP contribution in [0.5, 0.6) is 17.2 Å². The van der Waals surface area contributed by atoms with Crippen molar-refractivity contribution >= 4 is 50.7 Å². The lowest BCUT2D eigenvalue weighted by Gasteiger charge is -2.32. The summed E-state index contributed by atoms with van der Waals surface area (Å²) in [5, 5.41) is 3.52. The minimum absolute atomic E-state index is 0.0744. The van der Waals surface area contributed by atoms with E-state index in [9.17, 15) is 18.0 Å². The molecule has 0 unspecified atom stereocenters. The van der Waals surface area contributed by atoms with Crippen LogP contribution < -0.4 is 23.8 Å². The molecule has 1 N–H and O–H groups in total. The van der Waals surface area contributed by atoms with Crippen molar-refractivity contribution in [1.82, 2.24) is 10.2 Å². The molecule has 0 fully saturated rings. The molecule has 0 bridgehead atoms. The fraction of sp³-hybridized carbons (Fsp3) is 0.355. The van der Waals surface area contributed by atoms with Gasteiger partial charge in [0.1, 0.15) is 18.3 Å². The van der Waals surface area contributed by atoms with E-state index < -0.39 is 34.4 Å². The van der Waals surface area contributed by atoms with E-state index in [4.69, 9.17) is 37.4 Å². The maximum Gasteiger partial charge on any atom is 0.264 e. The number of benzene rings is 3. The van der Waals surface area contributed by atoms with Crippen LogP contribution in [0.25, 0.3) is 0 Å². The number of ether oxygens (including phenoxy) is 3. The lowest BCUT2D eigenvalue weighted by Crippen LogP contribution is -2.52. The number of halogens is 2. The number of hydrogen-bond acceptors (Lipinski definition) is 7. The van der Waals surface area contributed by atoms with Crippen LogP contribution in [-0.2, 0) is 26.2 Å². The molecule has 13 heteroatoms. The number of hydrogen-bond donors (Lipinski definition) is 1. The van der Waals surface area contributed by atoms with Crippen LogP contribution in [-0.4, -0.2) is 64.6 Å². The van der Waals surface area contributed by atoms with Crippen molar-refractivity contribution in [3.05, 3.63) is 76.3 Å². The van der Waals surface area contributed by atoms with Gasteiger partial charge in [0.25, 0.3) is 10.0 Å². The van der Waals surface area contributed by atoms with Crippen LogP contribution in [0.15, 0.2) is 65.6 Å². The fourth-order valence-electron chi connectivity index (χ4n) is 4.33. The molecule has 0 aromatic heterocycles. The average Bonchev–Trinajstić information content (AvgIpc) is 2.98. The van der Waals surface area contributed by atoms with Crippen LogP contribution in [0.3, 0.4) is 0 Å². The zero-order valence-corrected chi connectivity index (χ0v) is 27.8. The summed E-state index contributed by atoms with van der Waals surface area (Å²) in [7, 11) is -1.52. The van der Waals surface area contributed by atoms with Crippen molar-refractivity contribution in [2.24, 2.45) is 0 Å². The normalized spacial score (nSPS) is 11.9. The number of rotatable bonds is 14. The molecular formula is C31H37Cl2N3O7S. The van der Waals surface area contributed by atoms with Crippen molar-refractivity contribution in [2.75, 3.05) is 31.7 Å². The third-order valence-corrected chi connectivity index (χ3v) is 8.97. The summed E-state index contributed by atoms with van der Waals surface area (Å²) >= 11 is 12.5. The van der Waals surface area contributed by atoms with Gasteiger partial charge in [0.05, 0.1) is 31.4 Å². The van der Waals surface area contributed by atoms with E-state index in [1.54, 1.807) is 57.2 Å². The Balaban J connectivity index is 2.10. The number of carbonyl (C=O) groups excluding carboxylic acids is 2. The van der Waals surface area contributed by atoms with E-state index in [0.717, 1.165) is 4.31 Å². The van der Waals surface area contributed by atoms with Crippen LogP contribution in [0.1, 0.15) is 33.3 Å². The predicted octanol–water partition coefficient (Wildman–Crippen LogP) is 5.55. The molecule has 0 radical (unpaired) electrons. The largest absolute Gasteiger partial charge is 0.494 e. The molecule has 10 nitrogen and oxygen atoms in total. The first kappa shape index (κ1) is 34.8. The van der Waals surface area contributed by atoms with Crippen LogP contribution in [0.2, 0.25) is 10.0 Å². The van der Waals surface area contributed by atoms with Gasteiger partial charge >= 0.3 is 0 Å². The molecular weight excluding hydrogens is 629 g/mol. The van der Waals surface area contributed by atoms with Gasteiger partial charge < -0.3 is 24.4 Å². The summed E-state index contributed by atoms with van der Waals surface area (Å²) in [4.78, 5) is 28.4. The van der Waals surface area contributed by atoms with Crippen LogP contribution in [0, 0.1) is 0 Å². The van der Waals surface area contributed by atoms with Gasteiger partial charge in [-0.25, -0.2) is 8.42 Å². The van der Waals surface area contributed by atoms with Crippen molar-refractivity contribution < 1.29 is 32.2 Å². The minimum Gasteiger partial charge on any atom is -0.494 e. The van der Waals surface area contributed by atoms with E-state index in [-0.39, 0.29) is 28.9 Å². The summed E-state index contributed by atoms with van der Waals surface area (Å²) in [5.74, 6) is 0.0221. The lowest BCUT2D eigenvalue weighted by molar-refractivity contribution is -0.139. The fourth-order valence-corrected chi connectivity index (χ4v) is 6.23. The molecule has 0 heterocycles. The van der Waals surface area contributed by atoms with E-state index in [2.05, 4.69) is 5.32 Å². The second-order valence-corrected chi connectivity index (χ2v) is 12.8. The highest BCUT2D eigenvalue weighted by molar-refractivity contribution is 7.92. The quantitative estimate of drug-likeness (QED) is 0.240. The Morgan fingerprint density at radius 1 is 0.909 bits per heavy atom. The summed E-state index contributed by atoms with van der Waals surface area (Å²) in [6, 6.07) is 14.1. The van der Waals surface area contributed by atoms with E-state index >= 15 is 0 Å². The van der Waals surface area contributed by atoms with Gasteiger partial charge in [0.2, 0.25) is 11.8 Å². The highest BCUT2D eigenvalue weighted by atomic mass is 35.5. The summed E-state index contributed by atoms with van der Waals surface area (Å²) in [5.41, 5.74) is 0.740. The average molecular weight is 667 g/mol. The van der Waals surface area contributed by atoms with Crippen molar-refractivity contribution in [1.29, 1.82) is 0 Å². The number of amides is 2. The molecule has 3 aromatic carbocycles. The van der Waals surface area contributed by atoms with Gasteiger partial charge in [-0.05, 0) is 81.8 Å². The topological polar surface area (TPSA) is 114 Å². The molecule has 0 saturated carbocycles. The van der Waals surface area contributed by atoms with Gasteiger partial charge in [-0.2, -0.15) is 0 Å². The zero-order chi connectivity index (χ0) is 32.6. The maximum absolute atomic E-state index is 14.2. The Bertz CT molecular complexity index is 1570. The first-order chi connectivity index (χ1) is 20.8. The molecule has 44 heavy (non-hydrogen) atoms. The number of methoxy groups -OCH3 is 2. The van der Waals surface area contributed by atoms with E-state index in [0.29, 0.717) is 33.7 Å². The van der Waals surface area contributed by atoms with Crippen molar-refractivity contribution in [2.45, 2.75) is 51.2 Å². The van der Waals surface area contributed by atoms with Gasteiger partial charge in [-0.1, -0.05) is 29.3 Å². The number of nitrogens with zero attached hydrogens (tertiary/aromatic N) is 2. The lowest BCUT2D eigenvalue weighted by atomic mass is 10.1. The van der Waals surface area contributed by atoms with Gasteiger partial charge in [-0.15, -0.1) is 0 Å². The first-order valence-corrected chi connectivity index (χ1v) is 16.0. The number of nitrogens with one attached hydrogen (secondary N) is 1. The van der Waals surface area contributed by atoms with Crippen molar-refractivity contribution in [3.8, 4) is 17.2 Å². The molecule has 3 aromatic rings. The molecule has 2 amide bonds. The summed E-state index contributed by atoms with van der Waals surface area (Å²) < 4.78 is 45.5.